The van der Waals surface area contributed by atoms with Crippen LogP contribution in [0, 0.1) is 0 Å². The molecule has 0 aliphatic rings. The van der Waals surface area contributed by atoms with E-state index < -0.39 is 0 Å². The monoisotopic (exact) mass is 346 g/mol. The zero-order chi connectivity index (χ0) is 18.0. The van der Waals surface area contributed by atoms with Crippen molar-refractivity contribution in [3.63, 3.8) is 0 Å². The number of pyridine rings is 2. The maximum Gasteiger partial charge on any atom is 0.251 e. The molecule has 0 radical (unpaired) electrons. The van der Waals surface area contributed by atoms with Crippen LogP contribution >= 0.6 is 0 Å². The van der Waals surface area contributed by atoms with Gasteiger partial charge in [-0.1, -0.05) is 36.4 Å². The standard InChI is InChI=1S/C21H22N4O/c26-21(25-16-18-9-4-11-22-15-18)19-10-13-24-20(14-19)23-12-5-8-17-6-2-1-3-7-17/h1-4,6-7,9-11,13-15H,5,8,12,16H2,(H,23,24)(H,25,26). The van der Waals surface area contributed by atoms with Crippen molar-refractivity contribution in [2.24, 2.45) is 0 Å². The minimum Gasteiger partial charge on any atom is -0.370 e. The number of nitrogens with zero attached hydrogens (tertiary/aromatic N) is 2. The Morgan fingerprint density at radius 2 is 1.81 bits per heavy atom. The molecule has 5 nitrogen and oxygen atoms in total. The summed E-state index contributed by atoms with van der Waals surface area (Å²) >= 11 is 0. The van der Waals surface area contributed by atoms with Crippen molar-refractivity contribution in [1.29, 1.82) is 0 Å². The van der Waals surface area contributed by atoms with Crippen molar-refractivity contribution < 1.29 is 4.79 Å². The highest BCUT2D eigenvalue weighted by molar-refractivity contribution is 5.94. The number of aryl methyl sites for hydroxylation is 1. The molecule has 0 unspecified atom stereocenters. The van der Waals surface area contributed by atoms with Crippen LogP contribution in [0.5, 0.6) is 0 Å². The number of rotatable bonds is 8. The van der Waals surface area contributed by atoms with Crippen LogP contribution in [0.15, 0.2) is 73.2 Å². The number of carbonyl (C=O) groups is 1. The van der Waals surface area contributed by atoms with Gasteiger partial charge in [-0.3, -0.25) is 9.78 Å². The molecule has 0 aliphatic heterocycles. The normalized spacial score (nSPS) is 10.3. The second-order valence-electron chi connectivity index (χ2n) is 5.99. The van der Waals surface area contributed by atoms with Gasteiger partial charge >= 0.3 is 0 Å². The average Bonchev–Trinajstić information content (AvgIpc) is 2.71. The highest BCUT2D eigenvalue weighted by Gasteiger charge is 2.06. The third-order valence-corrected chi connectivity index (χ3v) is 3.99. The van der Waals surface area contributed by atoms with Crippen LogP contribution < -0.4 is 10.6 Å². The molecular weight excluding hydrogens is 324 g/mol. The first-order valence-corrected chi connectivity index (χ1v) is 8.72. The van der Waals surface area contributed by atoms with Gasteiger partial charge in [0, 0.05) is 37.2 Å². The van der Waals surface area contributed by atoms with Crippen molar-refractivity contribution in [3.8, 4) is 0 Å². The summed E-state index contributed by atoms with van der Waals surface area (Å²) in [6.45, 7) is 1.26. The number of amides is 1. The molecule has 0 atom stereocenters. The zero-order valence-electron chi connectivity index (χ0n) is 14.6. The highest BCUT2D eigenvalue weighted by atomic mass is 16.1. The lowest BCUT2D eigenvalue weighted by Gasteiger charge is -2.08. The third-order valence-electron chi connectivity index (χ3n) is 3.99. The van der Waals surface area contributed by atoms with E-state index >= 15 is 0 Å². The number of hydrogen-bond acceptors (Lipinski definition) is 4. The molecule has 3 rings (SSSR count). The first-order valence-electron chi connectivity index (χ1n) is 8.72. The highest BCUT2D eigenvalue weighted by Crippen LogP contribution is 2.08. The van der Waals surface area contributed by atoms with Crippen molar-refractivity contribution in [1.82, 2.24) is 15.3 Å². The van der Waals surface area contributed by atoms with Gasteiger partial charge in [-0.15, -0.1) is 0 Å². The van der Waals surface area contributed by atoms with Crippen LogP contribution in [-0.2, 0) is 13.0 Å². The number of hydrogen-bond donors (Lipinski definition) is 2. The van der Waals surface area contributed by atoms with Crippen LogP contribution in [0.2, 0.25) is 0 Å². The summed E-state index contributed by atoms with van der Waals surface area (Å²) < 4.78 is 0. The quantitative estimate of drug-likeness (QED) is 0.613. The maximum atomic E-state index is 12.3. The van der Waals surface area contributed by atoms with E-state index in [1.165, 1.54) is 5.56 Å². The first-order chi connectivity index (χ1) is 12.8. The molecule has 5 heteroatoms. The van der Waals surface area contributed by atoms with Crippen LogP contribution in [0.3, 0.4) is 0 Å². The van der Waals surface area contributed by atoms with E-state index in [0.29, 0.717) is 17.9 Å². The van der Waals surface area contributed by atoms with Gasteiger partial charge in [0.15, 0.2) is 0 Å². The summed E-state index contributed by atoms with van der Waals surface area (Å²) in [4.78, 5) is 20.6. The van der Waals surface area contributed by atoms with E-state index in [0.717, 1.165) is 24.9 Å². The van der Waals surface area contributed by atoms with E-state index in [1.54, 1.807) is 30.7 Å². The molecule has 132 valence electrons. The topological polar surface area (TPSA) is 66.9 Å². The zero-order valence-corrected chi connectivity index (χ0v) is 14.6. The lowest BCUT2D eigenvalue weighted by Crippen LogP contribution is -2.23. The summed E-state index contributed by atoms with van der Waals surface area (Å²) in [5.74, 6) is 0.593. The number of benzene rings is 1. The van der Waals surface area contributed by atoms with Gasteiger partial charge in [-0.2, -0.15) is 0 Å². The predicted octanol–water partition coefficient (Wildman–Crippen LogP) is 3.45. The van der Waals surface area contributed by atoms with Crippen molar-refractivity contribution in [2.45, 2.75) is 19.4 Å². The molecule has 0 aliphatic carbocycles. The third kappa shape index (κ3) is 5.41. The first kappa shape index (κ1) is 17.6. The molecule has 1 amide bonds. The van der Waals surface area contributed by atoms with Crippen LogP contribution in [0.1, 0.15) is 27.9 Å². The summed E-state index contributed by atoms with van der Waals surface area (Å²) in [6, 6.07) is 17.7. The van der Waals surface area contributed by atoms with Gasteiger partial charge < -0.3 is 10.6 Å². The van der Waals surface area contributed by atoms with Gasteiger partial charge in [0.25, 0.3) is 5.91 Å². The van der Waals surface area contributed by atoms with Gasteiger partial charge in [0.1, 0.15) is 5.82 Å². The fourth-order valence-corrected chi connectivity index (χ4v) is 2.61. The van der Waals surface area contributed by atoms with E-state index in [9.17, 15) is 4.79 Å². The Balaban J connectivity index is 1.47. The summed E-state index contributed by atoms with van der Waals surface area (Å²) in [6.07, 6.45) is 7.12. The lowest BCUT2D eigenvalue weighted by atomic mass is 10.1. The molecular formula is C21H22N4O. The molecule has 0 saturated heterocycles. The minimum atomic E-state index is -0.122. The van der Waals surface area contributed by atoms with Gasteiger partial charge in [0.2, 0.25) is 0 Å². The predicted molar refractivity (Wildman–Crippen MR) is 103 cm³/mol. The second kappa shape index (κ2) is 9.32. The Morgan fingerprint density at radius 1 is 0.962 bits per heavy atom. The molecule has 0 fully saturated rings. The van der Waals surface area contributed by atoms with Crippen molar-refractivity contribution >= 4 is 11.7 Å². The SMILES string of the molecule is O=C(NCc1cccnc1)c1ccnc(NCCCc2ccccc2)c1. The second-order valence-corrected chi connectivity index (χ2v) is 5.99. The molecule has 1 aromatic carbocycles. The largest absolute Gasteiger partial charge is 0.370 e. The van der Waals surface area contributed by atoms with E-state index in [-0.39, 0.29) is 5.91 Å². The van der Waals surface area contributed by atoms with Gasteiger partial charge in [-0.25, -0.2) is 4.98 Å². The summed E-state index contributed by atoms with van der Waals surface area (Å²) in [5, 5.41) is 6.18. The average molecular weight is 346 g/mol. The molecule has 26 heavy (non-hydrogen) atoms. The number of nitrogens with one attached hydrogen (secondary N) is 2. The minimum absolute atomic E-state index is 0.122. The molecule has 2 aromatic heterocycles. The molecule has 3 aromatic rings. The fourth-order valence-electron chi connectivity index (χ4n) is 2.61. The van der Waals surface area contributed by atoms with Crippen molar-refractivity contribution in [3.05, 3.63) is 89.9 Å². The molecule has 2 N–H and O–H groups in total. The van der Waals surface area contributed by atoms with Crippen LogP contribution in [-0.4, -0.2) is 22.4 Å². The smallest absolute Gasteiger partial charge is 0.251 e. The Hall–Kier alpha value is -3.21. The Labute approximate surface area is 153 Å². The van der Waals surface area contributed by atoms with Crippen LogP contribution in [0.25, 0.3) is 0 Å². The van der Waals surface area contributed by atoms with Crippen molar-refractivity contribution in [2.75, 3.05) is 11.9 Å². The van der Waals surface area contributed by atoms with Gasteiger partial charge in [0.05, 0.1) is 0 Å². The molecule has 0 saturated carbocycles. The molecule has 0 spiro atoms. The fraction of sp³-hybridized carbons (Fsp3) is 0.190. The van der Waals surface area contributed by atoms with E-state index in [4.69, 9.17) is 0 Å². The number of carbonyl (C=O) groups excluding carboxylic acids is 1. The summed E-state index contributed by atoms with van der Waals surface area (Å²) in [5.41, 5.74) is 2.88. The number of anilines is 1. The van der Waals surface area contributed by atoms with Crippen LogP contribution in [0.4, 0.5) is 5.82 Å². The van der Waals surface area contributed by atoms with Gasteiger partial charge in [-0.05, 0) is 42.2 Å². The summed E-state index contributed by atoms with van der Waals surface area (Å²) in [7, 11) is 0. The molecule has 0 bridgehead atoms. The Kier molecular flexibility index (Phi) is 6.31. The van der Waals surface area contributed by atoms with E-state index in [1.807, 2.05) is 18.2 Å². The Morgan fingerprint density at radius 3 is 2.62 bits per heavy atom. The molecule has 2 heterocycles. The van der Waals surface area contributed by atoms with E-state index in [2.05, 4.69) is 44.9 Å². The number of aromatic nitrogens is 2. The maximum absolute atomic E-state index is 12.3. The Bertz CT molecular complexity index is 822. The lowest BCUT2D eigenvalue weighted by molar-refractivity contribution is 0.0951.